The highest BCUT2D eigenvalue weighted by Gasteiger charge is 2.26. The van der Waals surface area contributed by atoms with Crippen molar-refractivity contribution >= 4 is 5.91 Å². The van der Waals surface area contributed by atoms with Crippen molar-refractivity contribution in [2.75, 3.05) is 0 Å². The fraction of sp³-hybridized carbons (Fsp3) is 0.625. The number of nitrogens with zero attached hydrogens (tertiary/aromatic N) is 1. The highest BCUT2D eigenvalue weighted by molar-refractivity contribution is 5.94. The number of carbonyl (C=O) groups excluding carboxylic acids is 1. The van der Waals surface area contributed by atoms with Crippen LogP contribution in [0.2, 0.25) is 0 Å². The lowest BCUT2D eigenvalue weighted by molar-refractivity contribution is 0.0950. The van der Waals surface area contributed by atoms with Crippen molar-refractivity contribution in [1.82, 2.24) is 10.3 Å². The Morgan fingerprint density at radius 2 is 2.00 bits per heavy atom. The molecule has 0 aliphatic heterocycles. The van der Waals surface area contributed by atoms with E-state index in [2.05, 4.69) is 44.9 Å². The van der Waals surface area contributed by atoms with Crippen LogP contribution >= 0.6 is 0 Å². The van der Waals surface area contributed by atoms with Gasteiger partial charge in [0.05, 0.1) is 5.56 Å². The SMILES string of the molecule is CC(C)c1cc(C(=O)NC2CC2)cnc1C(C)(C)C. The molecule has 19 heavy (non-hydrogen) atoms. The average Bonchev–Trinajstić information content (AvgIpc) is 3.10. The van der Waals surface area contributed by atoms with Gasteiger partial charge in [-0.15, -0.1) is 0 Å². The van der Waals surface area contributed by atoms with Gasteiger partial charge in [-0.3, -0.25) is 9.78 Å². The van der Waals surface area contributed by atoms with Crippen LogP contribution in [0.15, 0.2) is 12.3 Å². The third kappa shape index (κ3) is 3.34. The summed E-state index contributed by atoms with van der Waals surface area (Å²) in [6, 6.07) is 2.40. The smallest absolute Gasteiger partial charge is 0.253 e. The minimum Gasteiger partial charge on any atom is -0.349 e. The zero-order valence-electron chi connectivity index (χ0n) is 12.6. The molecule has 0 unspecified atom stereocenters. The first kappa shape index (κ1) is 14.0. The van der Waals surface area contributed by atoms with Crippen LogP contribution in [0.25, 0.3) is 0 Å². The van der Waals surface area contributed by atoms with Gasteiger partial charge in [-0.05, 0) is 30.4 Å². The molecule has 1 heterocycles. The van der Waals surface area contributed by atoms with Gasteiger partial charge in [-0.2, -0.15) is 0 Å². The summed E-state index contributed by atoms with van der Waals surface area (Å²) in [5.74, 6) is 0.382. The number of aromatic nitrogens is 1. The van der Waals surface area contributed by atoms with Crippen LogP contribution in [-0.2, 0) is 5.41 Å². The fourth-order valence-electron chi connectivity index (χ4n) is 2.17. The van der Waals surface area contributed by atoms with E-state index in [9.17, 15) is 4.79 Å². The zero-order valence-corrected chi connectivity index (χ0v) is 12.6. The Morgan fingerprint density at radius 1 is 1.37 bits per heavy atom. The van der Waals surface area contributed by atoms with Crippen LogP contribution in [0, 0.1) is 0 Å². The molecule has 1 aromatic heterocycles. The van der Waals surface area contributed by atoms with E-state index in [0.29, 0.717) is 17.5 Å². The molecule has 0 radical (unpaired) electrons. The molecular formula is C16H24N2O. The summed E-state index contributed by atoms with van der Waals surface area (Å²) >= 11 is 0. The van der Waals surface area contributed by atoms with Crippen LogP contribution in [-0.4, -0.2) is 16.9 Å². The molecule has 1 aliphatic rings. The van der Waals surface area contributed by atoms with E-state index in [1.54, 1.807) is 6.20 Å². The third-order valence-electron chi connectivity index (χ3n) is 3.42. The summed E-state index contributed by atoms with van der Waals surface area (Å²) in [6.07, 6.45) is 3.93. The summed E-state index contributed by atoms with van der Waals surface area (Å²) in [6.45, 7) is 10.8. The van der Waals surface area contributed by atoms with Gasteiger partial charge in [0.15, 0.2) is 0 Å². The van der Waals surface area contributed by atoms with Gasteiger partial charge in [0.1, 0.15) is 0 Å². The van der Waals surface area contributed by atoms with Crippen LogP contribution in [0.3, 0.4) is 0 Å². The maximum Gasteiger partial charge on any atom is 0.253 e. The van der Waals surface area contributed by atoms with Gasteiger partial charge in [0.25, 0.3) is 5.91 Å². The second kappa shape index (κ2) is 4.95. The van der Waals surface area contributed by atoms with Crippen LogP contribution in [0.5, 0.6) is 0 Å². The Labute approximate surface area is 115 Å². The second-order valence-electron chi connectivity index (χ2n) is 6.81. The number of hydrogen-bond acceptors (Lipinski definition) is 2. The molecular weight excluding hydrogens is 236 g/mol. The van der Waals surface area contributed by atoms with Crippen molar-refractivity contribution in [3.63, 3.8) is 0 Å². The van der Waals surface area contributed by atoms with E-state index in [-0.39, 0.29) is 11.3 Å². The fourth-order valence-corrected chi connectivity index (χ4v) is 2.17. The topological polar surface area (TPSA) is 42.0 Å². The van der Waals surface area contributed by atoms with E-state index < -0.39 is 0 Å². The van der Waals surface area contributed by atoms with Crippen LogP contribution < -0.4 is 5.32 Å². The number of rotatable bonds is 3. The van der Waals surface area contributed by atoms with Gasteiger partial charge >= 0.3 is 0 Å². The van der Waals surface area contributed by atoms with Gasteiger partial charge in [0.2, 0.25) is 0 Å². The maximum atomic E-state index is 12.1. The minimum atomic E-state index is 0.00506. The molecule has 0 aromatic carbocycles. The predicted octanol–water partition coefficient (Wildman–Crippen LogP) is 3.39. The maximum absolute atomic E-state index is 12.1. The molecule has 0 atom stereocenters. The highest BCUT2D eigenvalue weighted by atomic mass is 16.1. The van der Waals surface area contributed by atoms with E-state index in [1.165, 1.54) is 5.56 Å². The van der Waals surface area contributed by atoms with Gasteiger partial charge in [0, 0.05) is 23.3 Å². The van der Waals surface area contributed by atoms with Crippen molar-refractivity contribution < 1.29 is 4.79 Å². The Morgan fingerprint density at radius 3 is 2.47 bits per heavy atom. The first-order valence-corrected chi connectivity index (χ1v) is 7.10. The predicted molar refractivity (Wildman–Crippen MR) is 77.5 cm³/mol. The lowest BCUT2D eigenvalue weighted by atomic mass is 9.84. The summed E-state index contributed by atoms with van der Waals surface area (Å²) in [7, 11) is 0. The molecule has 3 heteroatoms. The van der Waals surface area contributed by atoms with Crippen molar-refractivity contribution in [2.24, 2.45) is 0 Å². The van der Waals surface area contributed by atoms with Gasteiger partial charge < -0.3 is 5.32 Å². The summed E-state index contributed by atoms with van der Waals surface area (Å²) in [4.78, 5) is 16.6. The quantitative estimate of drug-likeness (QED) is 0.905. The molecule has 104 valence electrons. The number of nitrogens with one attached hydrogen (secondary N) is 1. The first-order valence-electron chi connectivity index (χ1n) is 7.10. The molecule has 2 rings (SSSR count). The first-order chi connectivity index (χ1) is 8.79. The number of amides is 1. The van der Waals surface area contributed by atoms with E-state index in [0.717, 1.165) is 18.5 Å². The third-order valence-corrected chi connectivity index (χ3v) is 3.42. The molecule has 1 N–H and O–H groups in total. The number of hydrogen-bond donors (Lipinski definition) is 1. The van der Waals surface area contributed by atoms with Crippen LogP contribution in [0.4, 0.5) is 0 Å². The molecule has 0 saturated heterocycles. The van der Waals surface area contributed by atoms with Gasteiger partial charge in [-0.1, -0.05) is 34.6 Å². The standard InChI is InChI=1S/C16H24N2O/c1-10(2)13-8-11(15(19)18-12-6-7-12)9-17-14(13)16(3,4)5/h8-10,12H,6-7H2,1-5H3,(H,18,19). The molecule has 0 spiro atoms. The minimum absolute atomic E-state index is 0.00506. The number of carbonyl (C=O) groups is 1. The Kier molecular flexibility index (Phi) is 3.66. The Bertz CT molecular complexity index is 482. The lowest BCUT2D eigenvalue weighted by Crippen LogP contribution is -2.26. The van der Waals surface area contributed by atoms with Crippen molar-refractivity contribution in [3.05, 3.63) is 29.1 Å². The van der Waals surface area contributed by atoms with Crippen molar-refractivity contribution in [2.45, 2.75) is 64.8 Å². The summed E-state index contributed by atoms with van der Waals surface area (Å²) in [5, 5.41) is 3.02. The molecule has 1 aromatic rings. The summed E-state index contributed by atoms with van der Waals surface area (Å²) in [5.41, 5.74) is 2.95. The molecule has 1 aliphatic carbocycles. The van der Waals surface area contributed by atoms with Crippen molar-refractivity contribution in [1.29, 1.82) is 0 Å². The number of pyridine rings is 1. The zero-order chi connectivity index (χ0) is 14.2. The van der Waals surface area contributed by atoms with Gasteiger partial charge in [-0.25, -0.2) is 0 Å². The molecule has 3 nitrogen and oxygen atoms in total. The van der Waals surface area contributed by atoms with E-state index in [4.69, 9.17) is 0 Å². The summed E-state index contributed by atoms with van der Waals surface area (Å²) < 4.78 is 0. The average molecular weight is 260 g/mol. The molecule has 1 fully saturated rings. The Balaban J connectivity index is 2.32. The highest BCUT2D eigenvalue weighted by Crippen LogP contribution is 2.29. The molecule has 1 amide bonds. The second-order valence-corrected chi connectivity index (χ2v) is 6.81. The molecule has 1 saturated carbocycles. The van der Waals surface area contributed by atoms with E-state index >= 15 is 0 Å². The van der Waals surface area contributed by atoms with E-state index in [1.807, 2.05) is 6.07 Å². The van der Waals surface area contributed by atoms with Crippen molar-refractivity contribution in [3.8, 4) is 0 Å². The normalized spacial score (nSPS) is 15.7. The Hall–Kier alpha value is -1.38. The lowest BCUT2D eigenvalue weighted by Gasteiger charge is -2.23. The van der Waals surface area contributed by atoms with Crippen LogP contribution in [0.1, 0.15) is 75.0 Å². The largest absolute Gasteiger partial charge is 0.349 e. The molecule has 0 bridgehead atoms. The monoisotopic (exact) mass is 260 g/mol.